The van der Waals surface area contributed by atoms with Crippen molar-refractivity contribution in [1.82, 2.24) is 25.6 Å². The van der Waals surface area contributed by atoms with Crippen molar-refractivity contribution in [3.63, 3.8) is 0 Å². The third kappa shape index (κ3) is 7.78. The number of amides is 4. The molecule has 1 aromatic heterocycles. The number of allylic oxidation sites excluding steroid dienone is 1. The zero-order valence-electron chi connectivity index (χ0n) is 28.5. The first-order valence-corrected chi connectivity index (χ1v) is 16.8. The molecule has 0 bridgehead atoms. The van der Waals surface area contributed by atoms with E-state index in [-0.39, 0.29) is 41.1 Å². The summed E-state index contributed by atoms with van der Waals surface area (Å²) in [5.74, 6) is -2.00. The molecule has 1 aliphatic carbocycles. The molecule has 2 saturated heterocycles. The average Bonchev–Trinajstić information content (AvgIpc) is 3.56. The predicted molar refractivity (Wildman–Crippen MR) is 177 cm³/mol. The fraction of sp³-hybridized carbons (Fsp3) is 0.571. The molecule has 1 saturated carbocycles. The monoisotopic (exact) mass is 666 g/mol. The van der Waals surface area contributed by atoms with Crippen molar-refractivity contribution < 1.29 is 32.8 Å². The Morgan fingerprint density at radius 1 is 1.08 bits per heavy atom. The Labute approximate surface area is 280 Å². The van der Waals surface area contributed by atoms with Crippen molar-refractivity contribution in [3.05, 3.63) is 52.8 Å². The summed E-state index contributed by atoms with van der Waals surface area (Å²) in [4.78, 5) is 57.1. The zero-order chi connectivity index (χ0) is 34.6. The second kappa shape index (κ2) is 15.0. The lowest BCUT2D eigenvalue weighted by Gasteiger charge is -2.36. The molecule has 2 aliphatic heterocycles. The molecule has 3 fully saturated rings. The van der Waals surface area contributed by atoms with E-state index in [0.717, 1.165) is 25.7 Å². The smallest absolute Gasteiger partial charge is 0.270 e. The summed E-state index contributed by atoms with van der Waals surface area (Å²) in [5, 5.41) is 12.4. The Hall–Kier alpha value is -4.10. The summed E-state index contributed by atoms with van der Waals surface area (Å²) in [6.07, 6.45) is 4.76. The normalized spacial score (nSPS) is 22.2. The molecule has 0 unspecified atom stereocenters. The average molecular weight is 667 g/mol. The van der Waals surface area contributed by atoms with Gasteiger partial charge in [0, 0.05) is 32.6 Å². The van der Waals surface area contributed by atoms with Crippen molar-refractivity contribution in [2.45, 2.75) is 71.3 Å². The number of aromatic nitrogens is 1. The summed E-state index contributed by atoms with van der Waals surface area (Å²) in [7, 11) is 1.98. The summed E-state index contributed by atoms with van der Waals surface area (Å²) >= 11 is 0. The number of halogens is 1. The number of anilines is 1. The van der Waals surface area contributed by atoms with Crippen LogP contribution in [0.5, 0.6) is 0 Å². The van der Waals surface area contributed by atoms with Crippen molar-refractivity contribution in [1.29, 1.82) is 0 Å². The van der Waals surface area contributed by atoms with Crippen molar-refractivity contribution >= 4 is 34.9 Å². The lowest BCUT2D eigenvalue weighted by molar-refractivity contribution is -0.131. The van der Waals surface area contributed by atoms with Gasteiger partial charge in [0.2, 0.25) is 11.8 Å². The summed E-state index contributed by atoms with van der Waals surface area (Å²) in [6.45, 7) is 10.7. The number of nitrogens with zero attached hydrogens (tertiary/aromatic N) is 3. The van der Waals surface area contributed by atoms with Crippen LogP contribution in [0.3, 0.4) is 0 Å². The molecule has 3 aliphatic rings. The van der Waals surface area contributed by atoms with Crippen LogP contribution in [-0.2, 0) is 24.5 Å². The number of piperazine rings is 1. The minimum Gasteiger partial charge on any atom is -0.379 e. The molecule has 1 aromatic carbocycles. The van der Waals surface area contributed by atoms with Gasteiger partial charge in [0.1, 0.15) is 35.1 Å². The summed E-state index contributed by atoms with van der Waals surface area (Å²) in [5.41, 5.74) is 1.12. The van der Waals surface area contributed by atoms with Crippen LogP contribution >= 0.6 is 0 Å². The van der Waals surface area contributed by atoms with Crippen LogP contribution in [0.25, 0.3) is 5.57 Å². The predicted octanol–water partition coefficient (Wildman–Crippen LogP) is 3.70. The fourth-order valence-electron chi connectivity index (χ4n) is 6.52. The molecule has 5 rings (SSSR count). The Balaban J connectivity index is 1.36. The van der Waals surface area contributed by atoms with E-state index in [1.165, 1.54) is 18.4 Å². The van der Waals surface area contributed by atoms with Gasteiger partial charge in [-0.05, 0) is 68.8 Å². The van der Waals surface area contributed by atoms with E-state index in [0.29, 0.717) is 62.1 Å². The third-order valence-corrected chi connectivity index (χ3v) is 9.95. The van der Waals surface area contributed by atoms with Crippen LogP contribution in [0, 0.1) is 17.7 Å². The number of carbonyl (C=O) groups is 4. The molecule has 13 heteroatoms. The topological polar surface area (TPSA) is 146 Å². The molecular formula is C35H47FN6O6. The minimum atomic E-state index is -0.920. The van der Waals surface area contributed by atoms with E-state index in [1.807, 2.05) is 14.0 Å². The first-order valence-electron chi connectivity index (χ1n) is 16.8. The largest absolute Gasteiger partial charge is 0.379 e. The number of nitrogens with one attached hydrogen (secondary N) is 3. The van der Waals surface area contributed by atoms with Gasteiger partial charge in [-0.15, -0.1) is 0 Å². The maximum Gasteiger partial charge on any atom is 0.270 e. The molecule has 0 radical (unpaired) electrons. The highest BCUT2D eigenvalue weighted by molar-refractivity contribution is 6.04. The van der Waals surface area contributed by atoms with Gasteiger partial charge in [0.05, 0.1) is 24.3 Å². The van der Waals surface area contributed by atoms with Crippen molar-refractivity contribution in [3.8, 4) is 0 Å². The molecule has 4 amide bonds. The highest BCUT2D eigenvalue weighted by atomic mass is 19.1. The van der Waals surface area contributed by atoms with Crippen LogP contribution in [0.15, 0.2) is 34.7 Å². The van der Waals surface area contributed by atoms with E-state index in [2.05, 4.69) is 32.9 Å². The molecule has 1 atom stereocenters. The number of hydrogen-bond acceptors (Lipinski definition) is 8. The van der Waals surface area contributed by atoms with E-state index in [9.17, 15) is 19.2 Å². The van der Waals surface area contributed by atoms with E-state index in [1.54, 1.807) is 24.8 Å². The van der Waals surface area contributed by atoms with Gasteiger partial charge in [-0.25, -0.2) is 4.39 Å². The van der Waals surface area contributed by atoms with Crippen LogP contribution < -0.4 is 16.0 Å². The Morgan fingerprint density at radius 3 is 2.38 bits per heavy atom. The van der Waals surface area contributed by atoms with E-state index >= 15 is 4.39 Å². The Morgan fingerprint density at radius 2 is 1.77 bits per heavy atom. The second-order valence-electron chi connectivity index (χ2n) is 13.8. The lowest BCUT2D eigenvalue weighted by atomic mass is 9.78. The molecule has 260 valence electrons. The first-order chi connectivity index (χ1) is 22.9. The van der Waals surface area contributed by atoms with Crippen LogP contribution in [-0.4, -0.2) is 91.1 Å². The van der Waals surface area contributed by atoms with Crippen molar-refractivity contribution in [2.24, 2.45) is 11.8 Å². The Bertz CT molecular complexity index is 1550. The highest BCUT2D eigenvalue weighted by Gasteiger charge is 2.42. The number of likely N-dealkylation sites (N-methyl/N-ethyl adjacent to an activating group) is 1. The second-order valence-corrected chi connectivity index (χ2v) is 13.8. The molecule has 48 heavy (non-hydrogen) atoms. The summed E-state index contributed by atoms with van der Waals surface area (Å²) in [6, 6.07) is 3.35. The molecule has 3 heterocycles. The number of rotatable bonds is 10. The van der Waals surface area contributed by atoms with Crippen LogP contribution in [0.4, 0.5) is 10.1 Å². The molecule has 2 aromatic rings. The third-order valence-electron chi connectivity index (χ3n) is 9.95. The maximum absolute atomic E-state index is 15.7. The summed E-state index contributed by atoms with van der Waals surface area (Å²) < 4.78 is 26.2. The van der Waals surface area contributed by atoms with E-state index in [4.69, 9.17) is 9.26 Å². The van der Waals surface area contributed by atoms with Crippen LogP contribution in [0.2, 0.25) is 0 Å². The zero-order valence-corrected chi connectivity index (χ0v) is 28.5. The quantitative estimate of drug-likeness (QED) is 0.326. The minimum absolute atomic E-state index is 0.0608. The van der Waals surface area contributed by atoms with Gasteiger partial charge < -0.3 is 35.0 Å². The number of ether oxygens (including phenoxy) is 1. The molecular weight excluding hydrogens is 619 g/mol. The SMILES string of the molecule is CCC(=O)N/C(C(=O)N1CCN(C)CC1)=C(/C)c1ccc(NC(=O)[C@@H](NC(=O)c2conc2C2(C)COC2)[C@H]2CC[C@H](C)CC2)c(F)c1. The maximum atomic E-state index is 15.7. The number of benzene rings is 1. The van der Waals surface area contributed by atoms with Crippen LogP contribution in [0.1, 0.15) is 81.4 Å². The van der Waals surface area contributed by atoms with Gasteiger partial charge in [0.25, 0.3) is 11.8 Å². The lowest BCUT2D eigenvalue weighted by Crippen LogP contribution is -2.50. The fourth-order valence-corrected chi connectivity index (χ4v) is 6.52. The number of hydrogen-bond donors (Lipinski definition) is 3. The van der Waals surface area contributed by atoms with Gasteiger partial charge in [0.15, 0.2) is 0 Å². The molecule has 12 nitrogen and oxygen atoms in total. The molecule has 0 spiro atoms. The first kappa shape index (κ1) is 35.2. The van der Waals surface area contributed by atoms with E-state index < -0.39 is 29.1 Å². The molecule has 3 N–H and O–H groups in total. The number of carbonyl (C=O) groups excluding carboxylic acids is 4. The van der Waals surface area contributed by atoms with Crippen molar-refractivity contribution in [2.75, 3.05) is 51.8 Å². The highest BCUT2D eigenvalue weighted by Crippen LogP contribution is 2.34. The standard InChI is InChI=1S/C35H47FN6O6/c1-6-28(43)38-29(34(46)42-15-13-41(5)14-16-42)22(3)24-11-12-27(26(36)17-24)37-33(45)30(23-9-7-21(2)8-10-23)39-32(44)25-18-48-40-31(25)35(4)19-47-20-35/h11-12,17-18,21,23,30H,6-10,13-16,19-20H2,1-5H3,(H,37,45)(H,38,43)(H,39,44)/b29-22-/t21-,23-,30-/m0/s1. The van der Waals surface area contributed by atoms with Gasteiger partial charge in [-0.3, -0.25) is 19.2 Å². The van der Waals surface area contributed by atoms with Gasteiger partial charge >= 0.3 is 0 Å². The van der Waals surface area contributed by atoms with Gasteiger partial charge in [-0.1, -0.05) is 37.9 Å². The van der Waals surface area contributed by atoms with Gasteiger partial charge in [-0.2, -0.15) is 0 Å². The Kier molecular flexibility index (Phi) is 11.0.